The highest BCUT2D eigenvalue weighted by Gasteiger charge is 2.29. The van der Waals surface area contributed by atoms with E-state index in [2.05, 4.69) is 18.3 Å². The van der Waals surface area contributed by atoms with Crippen LogP contribution in [0.2, 0.25) is 0 Å². The zero-order chi connectivity index (χ0) is 14.6. The molecule has 0 amide bonds. The number of aryl methyl sites for hydroxylation is 2. The second-order valence-electron chi connectivity index (χ2n) is 5.98. The number of β-amino-alcohol motifs (C(OH)–C–C–N with tert-alkyl or cyclic N) is 1. The molecule has 1 aliphatic heterocycles. The van der Waals surface area contributed by atoms with Crippen LogP contribution in [0.4, 0.5) is 0 Å². The van der Waals surface area contributed by atoms with Gasteiger partial charge in [0.25, 0.3) is 0 Å². The van der Waals surface area contributed by atoms with Gasteiger partial charge < -0.3 is 19.9 Å². The van der Waals surface area contributed by atoms with Crippen molar-refractivity contribution in [1.29, 1.82) is 0 Å². The molecule has 1 heterocycles. The number of aliphatic hydroxyl groups is 1. The molecular weight excluding hydrogens is 254 g/mol. The molecule has 0 spiro atoms. The van der Waals surface area contributed by atoms with E-state index in [1.165, 1.54) is 0 Å². The normalized spacial score (nSPS) is 23.8. The smallest absolute Gasteiger partial charge is 0.122 e. The Bertz CT molecular complexity index is 441. The lowest BCUT2D eigenvalue weighted by Gasteiger charge is -2.25. The third-order valence-corrected chi connectivity index (χ3v) is 3.76. The van der Waals surface area contributed by atoms with Crippen LogP contribution in [-0.2, 0) is 4.74 Å². The van der Waals surface area contributed by atoms with Crippen LogP contribution < -0.4 is 10.1 Å². The summed E-state index contributed by atoms with van der Waals surface area (Å²) in [5.41, 5.74) is 2.24. The van der Waals surface area contributed by atoms with Gasteiger partial charge in [0.05, 0.1) is 6.61 Å². The van der Waals surface area contributed by atoms with E-state index in [4.69, 9.17) is 9.47 Å². The molecule has 2 rings (SSSR count). The minimum Gasteiger partial charge on any atom is -0.491 e. The molecule has 1 fully saturated rings. The minimum absolute atomic E-state index is 0.0137. The van der Waals surface area contributed by atoms with Gasteiger partial charge in [-0.3, -0.25) is 0 Å². The minimum atomic E-state index is -0.521. The van der Waals surface area contributed by atoms with Crippen molar-refractivity contribution < 1.29 is 14.6 Å². The summed E-state index contributed by atoms with van der Waals surface area (Å²) in [6.45, 7) is 8.48. The van der Waals surface area contributed by atoms with Crippen molar-refractivity contribution in [3.8, 4) is 5.75 Å². The fourth-order valence-electron chi connectivity index (χ4n) is 2.28. The summed E-state index contributed by atoms with van der Waals surface area (Å²) in [6.07, 6.45) is 0.463. The van der Waals surface area contributed by atoms with Gasteiger partial charge in [-0.15, -0.1) is 0 Å². The van der Waals surface area contributed by atoms with Gasteiger partial charge in [0.2, 0.25) is 0 Å². The molecular formula is C16H25NO3. The van der Waals surface area contributed by atoms with Crippen LogP contribution in [0.25, 0.3) is 0 Å². The summed E-state index contributed by atoms with van der Waals surface area (Å²) < 4.78 is 11.1. The predicted octanol–water partition coefficient (Wildman–Crippen LogP) is 1.81. The fourth-order valence-corrected chi connectivity index (χ4v) is 2.28. The van der Waals surface area contributed by atoms with Crippen molar-refractivity contribution in [2.24, 2.45) is 0 Å². The molecule has 1 saturated heterocycles. The first-order valence-electron chi connectivity index (χ1n) is 7.19. The van der Waals surface area contributed by atoms with Gasteiger partial charge in [-0.2, -0.15) is 0 Å². The van der Waals surface area contributed by atoms with Crippen LogP contribution in [0.1, 0.15) is 24.5 Å². The van der Waals surface area contributed by atoms with Crippen LogP contribution in [0.5, 0.6) is 5.75 Å². The Kier molecular flexibility index (Phi) is 5.02. The van der Waals surface area contributed by atoms with E-state index in [0.29, 0.717) is 19.8 Å². The molecule has 0 aliphatic carbocycles. The lowest BCUT2D eigenvalue weighted by Crippen LogP contribution is -2.47. The lowest BCUT2D eigenvalue weighted by atomic mass is 10.0. The van der Waals surface area contributed by atoms with E-state index in [0.717, 1.165) is 29.9 Å². The molecule has 0 radical (unpaired) electrons. The quantitative estimate of drug-likeness (QED) is 0.834. The molecule has 20 heavy (non-hydrogen) atoms. The third kappa shape index (κ3) is 4.20. The van der Waals surface area contributed by atoms with Gasteiger partial charge in [-0.1, -0.05) is 12.1 Å². The molecule has 2 atom stereocenters. The van der Waals surface area contributed by atoms with E-state index >= 15 is 0 Å². The highest BCUT2D eigenvalue weighted by atomic mass is 16.5. The SMILES string of the molecule is Cc1ccc(C)c(OCC(O)CNC2(C)CCOC2)c1. The molecule has 2 N–H and O–H groups in total. The summed E-state index contributed by atoms with van der Waals surface area (Å²) in [5, 5.41) is 13.4. The van der Waals surface area contributed by atoms with Gasteiger partial charge in [0.1, 0.15) is 18.5 Å². The summed E-state index contributed by atoms with van der Waals surface area (Å²) in [4.78, 5) is 0. The summed E-state index contributed by atoms with van der Waals surface area (Å²) in [6, 6.07) is 6.09. The van der Waals surface area contributed by atoms with E-state index in [-0.39, 0.29) is 5.54 Å². The van der Waals surface area contributed by atoms with Crippen molar-refractivity contribution in [3.05, 3.63) is 29.3 Å². The molecule has 0 bridgehead atoms. The topological polar surface area (TPSA) is 50.7 Å². The predicted molar refractivity (Wildman–Crippen MR) is 79.3 cm³/mol. The second kappa shape index (κ2) is 6.57. The lowest BCUT2D eigenvalue weighted by molar-refractivity contribution is 0.0941. The number of ether oxygens (including phenoxy) is 2. The van der Waals surface area contributed by atoms with Crippen LogP contribution in [0, 0.1) is 13.8 Å². The highest BCUT2D eigenvalue weighted by Crippen LogP contribution is 2.20. The molecule has 1 aliphatic rings. The maximum atomic E-state index is 10.0. The van der Waals surface area contributed by atoms with E-state index in [9.17, 15) is 5.11 Å². The van der Waals surface area contributed by atoms with Crippen LogP contribution >= 0.6 is 0 Å². The maximum absolute atomic E-state index is 10.0. The third-order valence-electron chi connectivity index (χ3n) is 3.76. The number of benzene rings is 1. The Morgan fingerprint density at radius 3 is 2.95 bits per heavy atom. The Hall–Kier alpha value is -1.10. The zero-order valence-electron chi connectivity index (χ0n) is 12.6. The van der Waals surface area contributed by atoms with Crippen molar-refractivity contribution in [3.63, 3.8) is 0 Å². The fraction of sp³-hybridized carbons (Fsp3) is 0.625. The zero-order valence-corrected chi connectivity index (χ0v) is 12.6. The van der Waals surface area contributed by atoms with Gasteiger partial charge in [-0.25, -0.2) is 0 Å². The number of hydrogen-bond acceptors (Lipinski definition) is 4. The van der Waals surface area contributed by atoms with E-state index in [1.807, 2.05) is 26.0 Å². The molecule has 1 aromatic carbocycles. The Morgan fingerprint density at radius 1 is 1.45 bits per heavy atom. The molecule has 4 nitrogen and oxygen atoms in total. The van der Waals surface area contributed by atoms with Crippen LogP contribution in [-0.4, -0.2) is 43.1 Å². The average molecular weight is 279 g/mol. The maximum Gasteiger partial charge on any atom is 0.122 e. The van der Waals surface area contributed by atoms with Gasteiger partial charge in [-0.05, 0) is 44.4 Å². The van der Waals surface area contributed by atoms with Gasteiger partial charge in [0.15, 0.2) is 0 Å². The number of rotatable bonds is 6. The summed E-state index contributed by atoms with van der Waals surface area (Å²) >= 11 is 0. The summed E-state index contributed by atoms with van der Waals surface area (Å²) in [7, 11) is 0. The first-order valence-corrected chi connectivity index (χ1v) is 7.19. The van der Waals surface area contributed by atoms with Crippen molar-refractivity contribution in [1.82, 2.24) is 5.32 Å². The molecule has 0 aromatic heterocycles. The largest absolute Gasteiger partial charge is 0.491 e. The molecule has 4 heteroatoms. The average Bonchev–Trinajstić information content (AvgIpc) is 2.85. The standard InChI is InChI=1S/C16H25NO3/c1-12-4-5-13(2)15(8-12)20-10-14(18)9-17-16(3)6-7-19-11-16/h4-5,8,14,17-18H,6-7,9-11H2,1-3H3. The Labute approximate surface area is 121 Å². The highest BCUT2D eigenvalue weighted by molar-refractivity contribution is 5.35. The van der Waals surface area contributed by atoms with Crippen molar-refractivity contribution in [2.75, 3.05) is 26.4 Å². The van der Waals surface area contributed by atoms with Crippen molar-refractivity contribution >= 4 is 0 Å². The number of hydrogen-bond donors (Lipinski definition) is 2. The number of nitrogens with one attached hydrogen (secondary N) is 1. The van der Waals surface area contributed by atoms with Gasteiger partial charge in [0, 0.05) is 18.7 Å². The van der Waals surface area contributed by atoms with Crippen molar-refractivity contribution in [2.45, 2.75) is 38.8 Å². The molecule has 2 unspecified atom stereocenters. The van der Waals surface area contributed by atoms with E-state index in [1.54, 1.807) is 0 Å². The van der Waals surface area contributed by atoms with E-state index < -0.39 is 6.10 Å². The molecule has 112 valence electrons. The van der Waals surface area contributed by atoms with Gasteiger partial charge >= 0.3 is 0 Å². The first-order chi connectivity index (χ1) is 9.48. The van der Waals surface area contributed by atoms with Crippen LogP contribution in [0.15, 0.2) is 18.2 Å². The Morgan fingerprint density at radius 2 is 2.25 bits per heavy atom. The summed E-state index contributed by atoms with van der Waals surface area (Å²) in [5.74, 6) is 0.847. The molecule has 1 aromatic rings. The second-order valence-corrected chi connectivity index (χ2v) is 5.98. The van der Waals surface area contributed by atoms with Crippen LogP contribution in [0.3, 0.4) is 0 Å². The monoisotopic (exact) mass is 279 g/mol. The number of aliphatic hydroxyl groups excluding tert-OH is 1. The first kappa shape index (κ1) is 15.3. The Balaban J connectivity index is 1.77. The molecule has 0 saturated carbocycles.